The van der Waals surface area contributed by atoms with Crippen LogP contribution in [0.25, 0.3) is 10.2 Å². The summed E-state index contributed by atoms with van der Waals surface area (Å²) in [6, 6.07) is 7.85. The third-order valence-corrected chi connectivity index (χ3v) is 5.91. The zero-order chi connectivity index (χ0) is 19.0. The second-order valence-electron chi connectivity index (χ2n) is 6.63. The number of benzene rings is 1. The second kappa shape index (κ2) is 7.19. The summed E-state index contributed by atoms with van der Waals surface area (Å²) in [6.45, 7) is 7.48. The first-order valence-electron chi connectivity index (χ1n) is 9.13. The molecule has 1 aromatic carbocycles. The van der Waals surface area contributed by atoms with Crippen molar-refractivity contribution in [3.8, 4) is 5.75 Å². The summed E-state index contributed by atoms with van der Waals surface area (Å²) >= 11 is 1.67. The van der Waals surface area contributed by atoms with Crippen LogP contribution < -0.4 is 9.64 Å². The molecule has 2 aromatic heterocycles. The maximum Gasteiger partial charge on any atom is 0.274 e. The van der Waals surface area contributed by atoms with Crippen LogP contribution in [0, 0.1) is 6.92 Å². The molecule has 1 amide bonds. The average molecular weight is 385 g/mol. The highest BCUT2D eigenvalue weighted by Gasteiger charge is 2.25. The van der Waals surface area contributed by atoms with Crippen molar-refractivity contribution in [2.75, 3.05) is 37.7 Å². The van der Waals surface area contributed by atoms with Gasteiger partial charge in [-0.2, -0.15) is 5.10 Å². The van der Waals surface area contributed by atoms with Gasteiger partial charge in [-0.25, -0.2) is 4.98 Å². The summed E-state index contributed by atoms with van der Waals surface area (Å²) < 4.78 is 8.44. The number of thiazole rings is 1. The van der Waals surface area contributed by atoms with E-state index < -0.39 is 0 Å². The molecular formula is C19H23N5O2S. The number of hydrogen-bond donors (Lipinski definition) is 0. The number of fused-ring (bicyclic) bond motifs is 1. The maximum atomic E-state index is 12.7. The Hall–Kier alpha value is -2.61. The summed E-state index contributed by atoms with van der Waals surface area (Å²) in [6.07, 6.45) is 0. The molecule has 4 rings (SSSR count). The molecule has 1 saturated heterocycles. The fraction of sp³-hybridized carbons (Fsp3) is 0.421. The molecule has 7 nitrogen and oxygen atoms in total. The number of piperazine rings is 1. The van der Waals surface area contributed by atoms with Gasteiger partial charge in [-0.3, -0.25) is 9.48 Å². The first-order valence-corrected chi connectivity index (χ1v) is 9.95. The highest BCUT2D eigenvalue weighted by atomic mass is 32.1. The average Bonchev–Trinajstić information content (AvgIpc) is 3.24. The van der Waals surface area contributed by atoms with Crippen molar-refractivity contribution < 1.29 is 9.53 Å². The molecule has 1 aliphatic rings. The number of amides is 1. The first-order chi connectivity index (χ1) is 13.0. The van der Waals surface area contributed by atoms with E-state index >= 15 is 0 Å². The number of nitrogens with zero attached hydrogens (tertiary/aromatic N) is 5. The van der Waals surface area contributed by atoms with Crippen molar-refractivity contribution in [3.05, 3.63) is 35.7 Å². The molecule has 0 aliphatic carbocycles. The van der Waals surface area contributed by atoms with Crippen molar-refractivity contribution in [2.45, 2.75) is 13.8 Å². The Bertz CT molecular complexity index is 952. The molecule has 142 valence electrons. The largest absolute Gasteiger partial charge is 0.494 e. The van der Waals surface area contributed by atoms with Crippen LogP contribution in [-0.2, 0) is 7.05 Å². The predicted octanol–water partition coefficient (Wildman–Crippen LogP) is 2.70. The molecule has 0 radical (unpaired) electrons. The Morgan fingerprint density at radius 2 is 2.00 bits per heavy atom. The minimum Gasteiger partial charge on any atom is -0.494 e. The topological polar surface area (TPSA) is 63.5 Å². The summed E-state index contributed by atoms with van der Waals surface area (Å²) in [7, 11) is 1.86. The van der Waals surface area contributed by atoms with Crippen LogP contribution >= 0.6 is 11.3 Å². The molecule has 0 unspecified atom stereocenters. The van der Waals surface area contributed by atoms with Gasteiger partial charge in [-0.1, -0.05) is 11.3 Å². The van der Waals surface area contributed by atoms with Crippen LogP contribution in [0.3, 0.4) is 0 Å². The van der Waals surface area contributed by atoms with E-state index in [1.54, 1.807) is 16.0 Å². The number of rotatable bonds is 4. The number of ether oxygens (including phenoxy) is 1. The van der Waals surface area contributed by atoms with Crippen molar-refractivity contribution in [1.29, 1.82) is 0 Å². The lowest BCUT2D eigenvalue weighted by Crippen LogP contribution is -2.48. The number of anilines is 1. The highest BCUT2D eigenvalue weighted by Crippen LogP contribution is 2.32. The van der Waals surface area contributed by atoms with E-state index in [4.69, 9.17) is 9.72 Å². The number of hydrogen-bond acceptors (Lipinski definition) is 6. The Kier molecular flexibility index (Phi) is 4.73. The maximum absolute atomic E-state index is 12.7. The predicted molar refractivity (Wildman–Crippen MR) is 107 cm³/mol. The Morgan fingerprint density at radius 1 is 1.22 bits per heavy atom. The quantitative estimate of drug-likeness (QED) is 0.691. The SMILES string of the molecule is CCOc1ccc2nc(N3CCN(C(=O)c4cc(C)n(C)n4)CC3)sc2c1. The summed E-state index contributed by atoms with van der Waals surface area (Å²) in [5.41, 5.74) is 2.49. The second-order valence-corrected chi connectivity index (χ2v) is 7.64. The lowest BCUT2D eigenvalue weighted by molar-refractivity contribution is 0.0740. The number of carbonyl (C=O) groups is 1. The van der Waals surface area contributed by atoms with Gasteiger partial charge < -0.3 is 14.5 Å². The van der Waals surface area contributed by atoms with Crippen LogP contribution in [0.4, 0.5) is 5.13 Å². The molecule has 3 heterocycles. The molecule has 0 atom stereocenters. The van der Waals surface area contributed by atoms with Crippen LogP contribution in [0.15, 0.2) is 24.3 Å². The molecule has 0 saturated carbocycles. The highest BCUT2D eigenvalue weighted by molar-refractivity contribution is 7.22. The van der Waals surface area contributed by atoms with Crippen LogP contribution in [0.5, 0.6) is 5.75 Å². The first kappa shape index (κ1) is 17.8. The standard InChI is InChI=1S/C19H23N5O2S/c1-4-26-14-5-6-15-17(12-14)27-19(20-15)24-9-7-23(8-10-24)18(25)16-11-13(2)22(3)21-16/h5-6,11-12H,4,7-10H2,1-3H3. The van der Waals surface area contributed by atoms with E-state index in [1.807, 2.05) is 50.1 Å². The molecule has 3 aromatic rings. The Morgan fingerprint density at radius 3 is 2.67 bits per heavy atom. The van der Waals surface area contributed by atoms with Crippen LogP contribution in [0.2, 0.25) is 0 Å². The zero-order valence-electron chi connectivity index (χ0n) is 15.8. The third-order valence-electron chi connectivity index (χ3n) is 4.83. The van der Waals surface area contributed by atoms with Gasteiger partial charge in [0.05, 0.1) is 16.8 Å². The summed E-state index contributed by atoms with van der Waals surface area (Å²) in [4.78, 5) is 21.5. The number of aromatic nitrogens is 3. The minimum absolute atomic E-state index is 0.00371. The fourth-order valence-electron chi connectivity index (χ4n) is 3.21. The smallest absolute Gasteiger partial charge is 0.274 e. The number of aryl methyl sites for hydroxylation is 2. The van der Waals surface area contributed by atoms with E-state index in [-0.39, 0.29) is 5.91 Å². The van der Waals surface area contributed by atoms with E-state index in [1.165, 1.54) is 0 Å². The normalized spacial score (nSPS) is 14.8. The van der Waals surface area contributed by atoms with Crippen molar-refractivity contribution >= 4 is 32.6 Å². The van der Waals surface area contributed by atoms with E-state index in [0.29, 0.717) is 25.4 Å². The van der Waals surface area contributed by atoms with Gasteiger partial charge in [-0.05, 0) is 38.1 Å². The zero-order valence-corrected chi connectivity index (χ0v) is 16.6. The monoisotopic (exact) mass is 385 g/mol. The Balaban J connectivity index is 1.44. The van der Waals surface area contributed by atoms with Gasteiger partial charge in [0.15, 0.2) is 10.8 Å². The number of carbonyl (C=O) groups excluding carboxylic acids is 1. The van der Waals surface area contributed by atoms with Gasteiger partial charge in [0.25, 0.3) is 5.91 Å². The lowest BCUT2D eigenvalue weighted by Gasteiger charge is -2.34. The molecule has 0 N–H and O–H groups in total. The van der Waals surface area contributed by atoms with Gasteiger partial charge in [0.2, 0.25) is 0 Å². The summed E-state index contributed by atoms with van der Waals surface area (Å²) in [5.74, 6) is 0.880. The van der Waals surface area contributed by atoms with Gasteiger partial charge in [0, 0.05) is 38.9 Å². The third kappa shape index (κ3) is 3.49. The van der Waals surface area contributed by atoms with Crippen LogP contribution in [0.1, 0.15) is 23.1 Å². The molecule has 27 heavy (non-hydrogen) atoms. The van der Waals surface area contributed by atoms with E-state index in [2.05, 4.69) is 10.00 Å². The van der Waals surface area contributed by atoms with Crippen molar-refractivity contribution in [2.24, 2.45) is 7.05 Å². The van der Waals surface area contributed by atoms with Gasteiger partial charge in [0.1, 0.15) is 5.75 Å². The molecule has 8 heteroatoms. The molecular weight excluding hydrogens is 362 g/mol. The fourth-order valence-corrected chi connectivity index (χ4v) is 4.26. The molecule has 1 fully saturated rings. The molecule has 1 aliphatic heterocycles. The van der Waals surface area contributed by atoms with Crippen molar-refractivity contribution in [3.63, 3.8) is 0 Å². The van der Waals surface area contributed by atoms with Gasteiger partial charge >= 0.3 is 0 Å². The van der Waals surface area contributed by atoms with E-state index in [0.717, 1.165) is 39.9 Å². The van der Waals surface area contributed by atoms with Gasteiger partial charge in [-0.15, -0.1) is 0 Å². The van der Waals surface area contributed by atoms with E-state index in [9.17, 15) is 4.79 Å². The minimum atomic E-state index is 0.00371. The lowest BCUT2D eigenvalue weighted by atomic mass is 10.2. The summed E-state index contributed by atoms with van der Waals surface area (Å²) in [5, 5.41) is 5.30. The molecule has 0 bridgehead atoms. The van der Waals surface area contributed by atoms with Crippen molar-refractivity contribution in [1.82, 2.24) is 19.7 Å². The Labute approximate surface area is 162 Å². The van der Waals surface area contributed by atoms with Crippen LogP contribution in [-0.4, -0.2) is 58.4 Å². The molecule has 0 spiro atoms.